The van der Waals surface area contributed by atoms with E-state index in [9.17, 15) is 9.59 Å². The Kier molecular flexibility index (Phi) is 3.24. The topological polar surface area (TPSA) is 87.1 Å². The summed E-state index contributed by atoms with van der Waals surface area (Å²) in [6.45, 7) is 2.05. The zero-order valence-corrected chi connectivity index (χ0v) is 7.77. The summed E-state index contributed by atoms with van der Waals surface area (Å²) < 4.78 is 4.88. The number of hydrogen-bond donors (Lipinski definition) is 2. The van der Waals surface area contributed by atoms with Crippen molar-refractivity contribution < 1.29 is 24.5 Å². The van der Waals surface area contributed by atoms with E-state index in [1.54, 1.807) is 0 Å². The molecule has 0 saturated carbocycles. The van der Waals surface area contributed by atoms with E-state index >= 15 is 0 Å². The highest BCUT2D eigenvalue weighted by molar-refractivity contribution is 5.93. The van der Waals surface area contributed by atoms with E-state index in [1.165, 1.54) is 13.0 Å². The maximum atomic E-state index is 10.8. The Labute approximate surface area is 81.0 Å². The standard InChI is InChI=1S/C9H12O5/c1-2-6(8(10)11)7(9(12)13)3-5-4-14-5/h2,5,7H,3-4H2,1H3,(H,10,11)(H,12,13). The lowest BCUT2D eigenvalue weighted by Gasteiger charge is -2.10. The fraction of sp³-hybridized carbons (Fsp3) is 0.556. The van der Waals surface area contributed by atoms with Crippen molar-refractivity contribution in [3.63, 3.8) is 0 Å². The summed E-state index contributed by atoms with van der Waals surface area (Å²) >= 11 is 0. The van der Waals surface area contributed by atoms with Gasteiger partial charge in [-0.15, -0.1) is 0 Å². The first-order valence-corrected chi connectivity index (χ1v) is 4.30. The summed E-state index contributed by atoms with van der Waals surface area (Å²) in [5.74, 6) is -3.26. The van der Waals surface area contributed by atoms with Gasteiger partial charge in [0.2, 0.25) is 0 Å². The SMILES string of the molecule is CC=C(C(=O)O)C(CC1CO1)C(=O)O. The summed E-state index contributed by atoms with van der Waals surface area (Å²) in [4.78, 5) is 21.5. The first-order valence-electron chi connectivity index (χ1n) is 4.30. The third-order valence-corrected chi connectivity index (χ3v) is 2.13. The number of ether oxygens (including phenoxy) is 1. The highest BCUT2D eigenvalue weighted by atomic mass is 16.6. The molecule has 2 unspecified atom stereocenters. The van der Waals surface area contributed by atoms with Gasteiger partial charge in [0, 0.05) is 5.57 Å². The van der Waals surface area contributed by atoms with Gasteiger partial charge < -0.3 is 14.9 Å². The largest absolute Gasteiger partial charge is 0.481 e. The lowest BCUT2D eigenvalue weighted by atomic mass is 9.94. The summed E-state index contributed by atoms with van der Waals surface area (Å²) in [5.41, 5.74) is -0.0759. The monoisotopic (exact) mass is 200 g/mol. The van der Waals surface area contributed by atoms with Crippen molar-refractivity contribution in [1.29, 1.82) is 0 Å². The fourth-order valence-corrected chi connectivity index (χ4v) is 1.30. The lowest BCUT2D eigenvalue weighted by molar-refractivity contribution is -0.144. The number of carbonyl (C=O) groups is 2. The maximum Gasteiger partial charge on any atom is 0.332 e. The molecule has 0 aromatic carbocycles. The molecule has 0 aliphatic carbocycles. The normalized spacial score (nSPS) is 22.9. The average Bonchev–Trinajstić information content (AvgIpc) is 2.86. The van der Waals surface area contributed by atoms with Crippen LogP contribution in [0.3, 0.4) is 0 Å². The van der Waals surface area contributed by atoms with Crippen molar-refractivity contribution in [3.8, 4) is 0 Å². The Bertz CT molecular complexity index is 277. The molecule has 2 atom stereocenters. The van der Waals surface area contributed by atoms with Crippen LogP contribution in [0.2, 0.25) is 0 Å². The summed E-state index contributed by atoms with van der Waals surface area (Å²) in [7, 11) is 0. The van der Waals surface area contributed by atoms with Crippen LogP contribution in [0.15, 0.2) is 11.6 Å². The van der Waals surface area contributed by atoms with Crippen molar-refractivity contribution in [2.75, 3.05) is 6.61 Å². The molecule has 0 amide bonds. The quantitative estimate of drug-likeness (QED) is 0.498. The zero-order valence-electron chi connectivity index (χ0n) is 7.77. The highest BCUT2D eigenvalue weighted by Gasteiger charge is 2.34. The number of epoxide rings is 1. The number of aliphatic carboxylic acids is 2. The van der Waals surface area contributed by atoms with Crippen molar-refractivity contribution >= 4 is 11.9 Å². The van der Waals surface area contributed by atoms with E-state index in [2.05, 4.69) is 0 Å². The van der Waals surface area contributed by atoms with Crippen LogP contribution in [0, 0.1) is 5.92 Å². The molecular formula is C9H12O5. The van der Waals surface area contributed by atoms with Gasteiger partial charge in [-0.3, -0.25) is 4.79 Å². The Morgan fingerprint density at radius 2 is 2.14 bits per heavy atom. The number of carboxylic acids is 2. The second kappa shape index (κ2) is 4.23. The van der Waals surface area contributed by atoms with Gasteiger partial charge in [0.25, 0.3) is 0 Å². The number of rotatable bonds is 5. The molecule has 1 aliphatic rings. The average molecular weight is 200 g/mol. The maximum absolute atomic E-state index is 10.8. The fourth-order valence-electron chi connectivity index (χ4n) is 1.30. The Morgan fingerprint density at radius 1 is 1.57 bits per heavy atom. The van der Waals surface area contributed by atoms with Gasteiger partial charge in [0.15, 0.2) is 0 Å². The van der Waals surface area contributed by atoms with Gasteiger partial charge in [-0.2, -0.15) is 0 Å². The zero-order chi connectivity index (χ0) is 10.7. The smallest absolute Gasteiger partial charge is 0.332 e. The molecule has 0 bridgehead atoms. The van der Waals surface area contributed by atoms with Gasteiger partial charge in [-0.1, -0.05) is 6.08 Å². The molecule has 2 N–H and O–H groups in total. The summed E-state index contributed by atoms with van der Waals surface area (Å²) in [5, 5.41) is 17.6. The molecular weight excluding hydrogens is 188 g/mol. The molecule has 1 heterocycles. The van der Waals surface area contributed by atoms with E-state index in [0.717, 1.165) is 0 Å². The van der Waals surface area contributed by atoms with E-state index < -0.39 is 17.9 Å². The van der Waals surface area contributed by atoms with Crippen LogP contribution in [-0.2, 0) is 14.3 Å². The molecule has 1 fully saturated rings. The minimum absolute atomic E-state index is 0.0759. The van der Waals surface area contributed by atoms with E-state index in [1.807, 2.05) is 0 Å². The lowest BCUT2D eigenvalue weighted by Crippen LogP contribution is -2.23. The molecule has 78 valence electrons. The number of hydrogen-bond acceptors (Lipinski definition) is 3. The predicted molar refractivity (Wildman–Crippen MR) is 46.9 cm³/mol. The Morgan fingerprint density at radius 3 is 2.43 bits per heavy atom. The van der Waals surface area contributed by atoms with Gasteiger partial charge in [0.1, 0.15) is 0 Å². The van der Waals surface area contributed by atoms with E-state index in [-0.39, 0.29) is 18.1 Å². The minimum Gasteiger partial charge on any atom is -0.481 e. The van der Waals surface area contributed by atoms with Crippen LogP contribution >= 0.6 is 0 Å². The molecule has 1 saturated heterocycles. The molecule has 0 aromatic rings. The van der Waals surface area contributed by atoms with Gasteiger partial charge in [-0.25, -0.2) is 4.79 Å². The van der Waals surface area contributed by atoms with Crippen LogP contribution in [-0.4, -0.2) is 34.9 Å². The minimum atomic E-state index is -1.18. The third-order valence-electron chi connectivity index (χ3n) is 2.13. The highest BCUT2D eigenvalue weighted by Crippen LogP contribution is 2.25. The van der Waals surface area contributed by atoms with Crippen molar-refractivity contribution in [2.24, 2.45) is 5.92 Å². The molecule has 1 aliphatic heterocycles. The van der Waals surface area contributed by atoms with Crippen LogP contribution < -0.4 is 0 Å². The van der Waals surface area contributed by atoms with E-state index in [0.29, 0.717) is 6.61 Å². The van der Waals surface area contributed by atoms with Crippen LogP contribution in [0.5, 0.6) is 0 Å². The summed E-state index contributed by atoms with van der Waals surface area (Å²) in [6.07, 6.45) is 1.47. The van der Waals surface area contributed by atoms with E-state index in [4.69, 9.17) is 14.9 Å². The Hall–Kier alpha value is -1.36. The molecule has 1 rings (SSSR count). The molecule has 14 heavy (non-hydrogen) atoms. The Balaban J connectivity index is 2.73. The first kappa shape index (κ1) is 10.7. The van der Waals surface area contributed by atoms with Crippen LogP contribution in [0.1, 0.15) is 13.3 Å². The molecule has 5 heteroatoms. The first-order chi connectivity index (χ1) is 6.56. The van der Waals surface area contributed by atoms with Gasteiger partial charge >= 0.3 is 11.9 Å². The number of carboxylic acid groups (broad SMARTS) is 2. The van der Waals surface area contributed by atoms with Crippen molar-refractivity contribution in [2.45, 2.75) is 19.4 Å². The number of allylic oxidation sites excluding steroid dienone is 1. The van der Waals surface area contributed by atoms with Crippen LogP contribution in [0.25, 0.3) is 0 Å². The summed E-state index contributed by atoms with van der Waals surface area (Å²) in [6, 6.07) is 0. The molecule has 0 radical (unpaired) electrons. The molecule has 0 spiro atoms. The van der Waals surface area contributed by atoms with Crippen molar-refractivity contribution in [3.05, 3.63) is 11.6 Å². The van der Waals surface area contributed by atoms with Crippen molar-refractivity contribution in [1.82, 2.24) is 0 Å². The molecule has 0 aromatic heterocycles. The van der Waals surface area contributed by atoms with Gasteiger partial charge in [-0.05, 0) is 13.3 Å². The second-order valence-electron chi connectivity index (χ2n) is 3.13. The van der Waals surface area contributed by atoms with Gasteiger partial charge in [0.05, 0.1) is 18.6 Å². The second-order valence-corrected chi connectivity index (χ2v) is 3.13. The predicted octanol–water partition coefficient (Wildman–Crippen LogP) is 0.507. The third kappa shape index (κ3) is 2.56. The van der Waals surface area contributed by atoms with Crippen LogP contribution in [0.4, 0.5) is 0 Å². The molecule has 5 nitrogen and oxygen atoms in total.